The molecule has 0 aromatic rings. The van der Waals surface area contributed by atoms with Gasteiger partial charge in [-0.2, -0.15) is 0 Å². The smallest absolute Gasteiger partial charge is 0.303 e. The lowest BCUT2D eigenvalue weighted by molar-refractivity contribution is -0.137. The summed E-state index contributed by atoms with van der Waals surface area (Å²) in [6.07, 6.45) is 1.56. The minimum absolute atomic E-state index is 0.205. The van der Waals surface area contributed by atoms with Gasteiger partial charge in [0, 0.05) is 24.9 Å². The standard InChI is InChI=1S/C11H22N2O2/c1-8(2)12-10(13-9(3)4)6-5-7-11(14)15/h8-9H,5-7H2,1-4H3,(H,12,13)(H,14,15). The van der Waals surface area contributed by atoms with Crippen molar-refractivity contribution in [3.8, 4) is 0 Å². The molecule has 0 heterocycles. The van der Waals surface area contributed by atoms with Crippen molar-refractivity contribution in [1.29, 1.82) is 0 Å². The molecule has 15 heavy (non-hydrogen) atoms. The van der Waals surface area contributed by atoms with E-state index in [0.717, 1.165) is 5.84 Å². The molecule has 0 aromatic carbocycles. The molecule has 0 aliphatic heterocycles. The van der Waals surface area contributed by atoms with Crippen molar-refractivity contribution in [2.75, 3.05) is 0 Å². The summed E-state index contributed by atoms with van der Waals surface area (Å²) >= 11 is 0. The maximum Gasteiger partial charge on any atom is 0.303 e. The van der Waals surface area contributed by atoms with Crippen molar-refractivity contribution in [3.05, 3.63) is 0 Å². The molecule has 0 aliphatic rings. The van der Waals surface area contributed by atoms with Gasteiger partial charge >= 0.3 is 5.97 Å². The molecule has 4 nitrogen and oxygen atoms in total. The van der Waals surface area contributed by atoms with Crippen molar-refractivity contribution >= 4 is 11.8 Å². The van der Waals surface area contributed by atoms with Crippen LogP contribution in [0.3, 0.4) is 0 Å². The Morgan fingerprint density at radius 1 is 1.27 bits per heavy atom. The van der Waals surface area contributed by atoms with E-state index in [-0.39, 0.29) is 12.5 Å². The number of amidine groups is 1. The Hall–Kier alpha value is -1.06. The van der Waals surface area contributed by atoms with Gasteiger partial charge in [0.15, 0.2) is 0 Å². The third-order valence-electron chi connectivity index (χ3n) is 1.67. The number of carbonyl (C=O) groups is 1. The molecule has 0 bridgehead atoms. The Bertz CT molecular complexity index is 223. The van der Waals surface area contributed by atoms with Crippen LogP contribution < -0.4 is 5.32 Å². The third kappa shape index (κ3) is 9.25. The minimum Gasteiger partial charge on any atom is -0.481 e. The van der Waals surface area contributed by atoms with Gasteiger partial charge in [-0.25, -0.2) is 0 Å². The quantitative estimate of drug-likeness (QED) is 0.525. The van der Waals surface area contributed by atoms with E-state index in [1.54, 1.807) is 0 Å². The summed E-state index contributed by atoms with van der Waals surface area (Å²) in [6.45, 7) is 8.12. The van der Waals surface area contributed by atoms with Gasteiger partial charge in [-0.15, -0.1) is 0 Å². The van der Waals surface area contributed by atoms with E-state index in [4.69, 9.17) is 5.11 Å². The molecule has 88 valence electrons. The summed E-state index contributed by atoms with van der Waals surface area (Å²) in [5.74, 6) is 0.171. The number of aliphatic imine (C=N–C) groups is 1. The van der Waals surface area contributed by atoms with Crippen LogP contribution in [0.2, 0.25) is 0 Å². The lowest BCUT2D eigenvalue weighted by Gasteiger charge is -2.14. The molecule has 0 spiro atoms. The van der Waals surface area contributed by atoms with Crippen molar-refractivity contribution < 1.29 is 9.90 Å². The molecule has 0 atom stereocenters. The highest BCUT2D eigenvalue weighted by molar-refractivity contribution is 5.83. The van der Waals surface area contributed by atoms with E-state index < -0.39 is 5.97 Å². The first-order chi connectivity index (χ1) is 6.91. The largest absolute Gasteiger partial charge is 0.481 e. The van der Waals surface area contributed by atoms with Gasteiger partial charge in [0.05, 0.1) is 5.84 Å². The van der Waals surface area contributed by atoms with Gasteiger partial charge < -0.3 is 10.4 Å². The predicted molar refractivity (Wildman–Crippen MR) is 62.3 cm³/mol. The second kappa shape index (κ2) is 7.26. The Morgan fingerprint density at radius 3 is 2.27 bits per heavy atom. The van der Waals surface area contributed by atoms with Gasteiger partial charge in [-0.3, -0.25) is 9.79 Å². The van der Waals surface area contributed by atoms with E-state index >= 15 is 0 Å². The van der Waals surface area contributed by atoms with E-state index in [0.29, 0.717) is 18.9 Å². The lowest BCUT2D eigenvalue weighted by atomic mass is 10.2. The minimum atomic E-state index is -0.747. The van der Waals surface area contributed by atoms with E-state index in [1.165, 1.54) is 0 Å². The Balaban J connectivity index is 4.07. The number of carboxylic acid groups (broad SMARTS) is 1. The zero-order chi connectivity index (χ0) is 11.8. The molecule has 0 saturated carbocycles. The summed E-state index contributed by atoms with van der Waals surface area (Å²) in [6, 6.07) is 0.586. The molecule has 2 N–H and O–H groups in total. The summed E-state index contributed by atoms with van der Waals surface area (Å²) in [7, 11) is 0. The molecular formula is C11H22N2O2. The normalized spacial score (nSPS) is 12.3. The maximum atomic E-state index is 10.4. The summed E-state index contributed by atoms with van der Waals surface area (Å²) in [4.78, 5) is 14.8. The number of hydrogen-bond donors (Lipinski definition) is 2. The van der Waals surface area contributed by atoms with Gasteiger partial charge in [-0.05, 0) is 34.1 Å². The zero-order valence-corrected chi connectivity index (χ0v) is 10.1. The summed E-state index contributed by atoms with van der Waals surface area (Å²) in [5, 5.41) is 11.8. The molecule has 0 rings (SSSR count). The number of hydrogen-bond acceptors (Lipinski definition) is 2. The van der Waals surface area contributed by atoms with Gasteiger partial charge in [-0.1, -0.05) is 0 Å². The molecule has 0 aliphatic carbocycles. The van der Waals surface area contributed by atoms with E-state index in [2.05, 4.69) is 10.3 Å². The fourth-order valence-corrected chi connectivity index (χ4v) is 1.23. The fourth-order valence-electron chi connectivity index (χ4n) is 1.23. The SMILES string of the molecule is CC(C)N=C(CCCC(=O)O)NC(C)C. The predicted octanol–water partition coefficient (Wildman–Crippen LogP) is 2.05. The number of nitrogens with zero attached hydrogens (tertiary/aromatic N) is 1. The van der Waals surface area contributed by atoms with Crippen LogP contribution in [0.15, 0.2) is 4.99 Å². The molecule has 0 aromatic heterocycles. The zero-order valence-electron chi connectivity index (χ0n) is 10.1. The summed E-state index contributed by atoms with van der Waals surface area (Å²) < 4.78 is 0. The highest BCUT2D eigenvalue weighted by atomic mass is 16.4. The van der Waals surface area contributed by atoms with Crippen molar-refractivity contribution in [2.24, 2.45) is 4.99 Å². The number of aliphatic carboxylic acids is 1. The topological polar surface area (TPSA) is 61.7 Å². The van der Waals surface area contributed by atoms with Crippen LogP contribution in [0.25, 0.3) is 0 Å². The van der Waals surface area contributed by atoms with Crippen LogP contribution in [0, 0.1) is 0 Å². The molecule has 0 radical (unpaired) electrons. The van der Waals surface area contributed by atoms with Gasteiger partial charge in [0.1, 0.15) is 0 Å². The van der Waals surface area contributed by atoms with E-state index in [9.17, 15) is 4.79 Å². The first-order valence-corrected chi connectivity index (χ1v) is 5.46. The molecular weight excluding hydrogens is 192 g/mol. The van der Waals surface area contributed by atoms with Crippen LogP contribution in [-0.4, -0.2) is 29.0 Å². The van der Waals surface area contributed by atoms with Crippen LogP contribution in [0.4, 0.5) is 0 Å². The van der Waals surface area contributed by atoms with Crippen LogP contribution in [-0.2, 0) is 4.79 Å². The summed E-state index contributed by atoms with van der Waals surface area (Å²) in [5.41, 5.74) is 0. The number of nitrogens with one attached hydrogen (secondary N) is 1. The van der Waals surface area contributed by atoms with Crippen LogP contribution in [0.1, 0.15) is 47.0 Å². The molecule has 0 saturated heterocycles. The first kappa shape index (κ1) is 13.9. The molecule has 0 fully saturated rings. The van der Waals surface area contributed by atoms with Crippen molar-refractivity contribution in [3.63, 3.8) is 0 Å². The average Bonchev–Trinajstić information content (AvgIpc) is 2.00. The molecule has 0 amide bonds. The van der Waals surface area contributed by atoms with Gasteiger partial charge in [0.25, 0.3) is 0 Å². The molecule has 4 heteroatoms. The first-order valence-electron chi connectivity index (χ1n) is 5.46. The second-order valence-corrected chi connectivity index (χ2v) is 4.22. The number of carboxylic acids is 1. The third-order valence-corrected chi connectivity index (χ3v) is 1.67. The van der Waals surface area contributed by atoms with Gasteiger partial charge in [0.2, 0.25) is 0 Å². The van der Waals surface area contributed by atoms with Crippen molar-refractivity contribution in [1.82, 2.24) is 5.32 Å². The maximum absolute atomic E-state index is 10.4. The lowest BCUT2D eigenvalue weighted by Crippen LogP contribution is -2.31. The van der Waals surface area contributed by atoms with E-state index in [1.807, 2.05) is 27.7 Å². The monoisotopic (exact) mass is 214 g/mol. The number of rotatable bonds is 6. The van der Waals surface area contributed by atoms with Crippen LogP contribution in [0.5, 0.6) is 0 Å². The Kier molecular flexibility index (Phi) is 6.75. The molecule has 0 unspecified atom stereocenters. The Morgan fingerprint density at radius 2 is 1.87 bits per heavy atom. The fraction of sp³-hybridized carbons (Fsp3) is 0.818. The highest BCUT2D eigenvalue weighted by Gasteiger charge is 2.04. The Labute approximate surface area is 91.8 Å². The highest BCUT2D eigenvalue weighted by Crippen LogP contribution is 2.00. The van der Waals surface area contributed by atoms with Crippen molar-refractivity contribution in [2.45, 2.75) is 59.0 Å². The van der Waals surface area contributed by atoms with Crippen LogP contribution >= 0.6 is 0 Å². The second-order valence-electron chi connectivity index (χ2n) is 4.22. The average molecular weight is 214 g/mol.